The third-order valence-corrected chi connectivity index (χ3v) is 22.5. The van der Waals surface area contributed by atoms with Crippen molar-refractivity contribution < 1.29 is 24.2 Å². The number of allylic oxidation sites excluding steroid dienone is 5. The largest absolute Gasteiger partial charge is 0.508 e. The van der Waals surface area contributed by atoms with Crippen LogP contribution in [-0.4, -0.2) is 64.6 Å². The van der Waals surface area contributed by atoms with Gasteiger partial charge in [-0.1, -0.05) is 93.5 Å². The Morgan fingerprint density at radius 2 is 1.86 bits per heavy atom. The molecule has 0 radical (unpaired) electrons. The van der Waals surface area contributed by atoms with E-state index in [9.17, 15) is 5.11 Å². The highest BCUT2D eigenvalue weighted by Crippen LogP contribution is 2.89. The molecule has 8 nitrogen and oxygen atoms in total. The number of carbonyl (C=O) groups excluding carboxylic acids is 2. The van der Waals surface area contributed by atoms with Gasteiger partial charge in [-0.15, -0.1) is 0 Å². The first-order valence-electron chi connectivity index (χ1n) is 26.8. The zero-order valence-corrected chi connectivity index (χ0v) is 38.8. The van der Waals surface area contributed by atoms with E-state index in [1.165, 1.54) is 61.7 Å². The predicted molar refractivity (Wildman–Crippen MR) is 247 cm³/mol. The Morgan fingerprint density at radius 1 is 0.985 bits per heavy atom. The van der Waals surface area contributed by atoms with Gasteiger partial charge < -0.3 is 25.2 Å². The van der Waals surface area contributed by atoms with Crippen LogP contribution in [0.2, 0.25) is 0 Å². The molecule has 1 aromatic carbocycles. The molecule has 342 valence electrons. The molecule has 7 aliphatic heterocycles. The number of piperidine rings is 3. The van der Waals surface area contributed by atoms with Crippen LogP contribution < -0.4 is 5.73 Å². The molecule has 4 spiro atoms. The Balaban J connectivity index is 1.05. The molecule has 65 heavy (non-hydrogen) atoms. The van der Waals surface area contributed by atoms with Gasteiger partial charge in [0.15, 0.2) is 11.4 Å². The van der Waals surface area contributed by atoms with Crippen LogP contribution in [0, 0.1) is 69.5 Å². The van der Waals surface area contributed by atoms with E-state index in [2.05, 4.69) is 60.1 Å². The smallest absolute Gasteiger partial charge is 0.339 e. The summed E-state index contributed by atoms with van der Waals surface area (Å²) in [6.45, 7) is 7.66. The zero-order chi connectivity index (χ0) is 43.5. The van der Waals surface area contributed by atoms with Gasteiger partial charge in [0.2, 0.25) is 0 Å². The number of fused-ring (bicyclic) bond motifs is 8. The molecule has 3 N–H and O–H groups in total. The van der Waals surface area contributed by atoms with Crippen LogP contribution >= 0.6 is 0 Å². The Bertz CT molecular complexity index is 2530. The molecule has 14 aliphatic rings. The number of ether oxygens (including phenoxy) is 2. The Hall–Kier alpha value is -3.62. The van der Waals surface area contributed by atoms with E-state index in [-0.39, 0.29) is 53.0 Å². The summed E-state index contributed by atoms with van der Waals surface area (Å²) in [6, 6.07) is 7.42. The van der Waals surface area contributed by atoms with E-state index in [0.717, 1.165) is 82.0 Å². The van der Waals surface area contributed by atoms with Crippen molar-refractivity contribution in [3.8, 4) is 0 Å². The molecule has 1 aromatic rings. The average molecular weight is 876 g/mol. The predicted octanol–water partition coefficient (Wildman–Crippen LogP) is 9.96. The fourth-order valence-electron chi connectivity index (χ4n) is 20.4. The first-order chi connectivity index (χ1) is 31.7. The molecule has 8 heteroatoms. The molecule has 4 saturated heterocycles. The molecule has 3 saturated carbocycles. The normalized spacial score (nSPS) is 48.9. The van der Waals surface area contributed by atoms with Crippen molar-refractivity contribution in [3.05, 3.63) is 92.6 Å². The summed E-state index contributed by atoms with van der Waals surface area (Å²) in [5.74, 6) is 2.83. The maximum atomic E-state index is 16.3. The summed E-state index contributed by atoms with van der Waals surface area (Å²) in [5.41, 5.74) is 13.2. The van der Waals surface area contributed by atoms with Gasteiger partial charge in [-0.05, 0) is 142 Å². The third-order valence-electron chi connectivity index (χ3n) is 22.5. The van der Waals surface area contributed by atoms with Crippen molar-refractivity contribution in [2.75, 3.05) is 19.6 Å². The van der Waals surface area contributed by atoms with E-state index in [4.69, 9.17) is 15.2 Å². The lowest BCUT2D eigenvalue weighted by atomic mass is 9.26. The molecule has 15 rings (SSSR count). The van der Waals surface area contributed by atoms with Crippen LogP contribution in [0.25, 0.3) is 0 Å². The number of carbonyl (C=O) groups is 2. The Morgan fingerprint density at radius 3 is 2.72 bits per heavy atom. The van der Waals surface area contributed by atoms with Crippen LogP contribution in [0.5, 0.6) is 0 Å². The summed E-state index contributed by atoms with van der Waals surface area (Å²) < 4.78 is 14.5. The second kappa shape index (κ2) is 13.1. The molecular formula is C57H69N3O5. The quantitative estimate of drug-likeness (QED) is 0.223. The highest BCUT2D eigenvalue weighted by atomic mass is 16.6. The standard InChI is InChI=1S/C57H69N3O5/c1-30-22-34-17-19-54-27-40(34)47-39-18-20-55-51(64-53(63)56(47,55)45(23-30)57(55)41-12-6-10-33(11-7-21-58)46(41)52(62)65-57)50(61)38-14-16-42-37-26-36(28-59(42)44(38)25-32-8-4-3-5-9-32)43-15-13-35(24-31(54)2)49(48(39)54)60(43)29-37/h6,10,12-13,15,22,30-32,36-38,40,42-45,48,61H,3-5,7-9,11,14,16-21,23-29,58H2,1-2H3/b34-22-,51-50+/t30-,31-,36+,37+,38-,40-,42-,43+,44+,45+,48-,54-,55-,56-,57-/m1/s1. The first-order valence-corrected chi connectivity index (χ1v) is 26.8. The first kappa shape index (κ1) is 39.4. The van der Waals surface area contributed by atoms with Gasteiger partial charge in [0, 0.05) is 60.1 Å². The number of aliphatic hydroxyl groups excluding tert-OH is 1. The van der Waals surface area contributed by atoms with Gasteiger partial charge in [0.1, 0.15) is 11.2 Å². The van der Waals surface area contributed by atoms with Crippen LogP contribution in [0.15, 0.2) is 75.9 Å². The van der Waals surface area contributed by atoms with Crippen LogP contribution in [0.1, 0.15) is 144 Å². The average Bonchev–Trinajstić information content (AvgIpc) is 3.77. The minimum Gasteiger partial charge on any atom is -0.508 e. The maximum absolute atomic E-state index is 16.3. The van der Waals surface area contributed by atoms with Gasteiger partial charge in [-0.25, -0.2) is 4.79 Å². The zero-order valence-electron chi connectivity index (χ0n) is 38.8. The monoisotopic (exact) mass is 876 g/mol. The van der Waals surface area contributed by atoms with Gasteiger partial charge >= 0.3 is 11.9 Å². The Labute approximate surface area is 385 Å². The molecule has 7 heterocycles. The summed E-state index contributed by atoms with van der Waals surface area (Å²) in [6.07, 6.45) is 26.7. The van der Waals surface area contributed by atoms with Gasteiger partial charge in [-0.3, -0.25) is 9.69 Å². The number of aryl methyl sites for hydroxylation is 1. The number of hydrogen-bond donors (Lipinski definition) is 2. The van der Waals surface area contributed by atoms with Crippen molar-refractivity contribution >= 4 is 11.9 Å². The van der Waals surface area contributed by atoms with Crippen LogP contribution in [0.3, 0.4) is 0 Å². The molecule has 0 amide bonds. The van der Waals surface area contributed by atoms with E-state index in [1.807, 2.05) is 0 Å². The summed E-state index contributed by atoms with van der Waals surface area (Å²) in [4.78, 5) is 37.3. The lowest BCUT2D eigenvalue weighted by molar-refractivity contribution is -0.283. The second-order valence-corrected chi connectivity index (χ2v) is 24.6. The number of hydrogen-bond acceptors (Lipinski definition) is 8. The summed E-state index contributed by atoms with van der Waals surface area (Å²) in [5, 5.41) is 13.8. The van der Waals surface area contributed by atoms with Crippen LogP contribution in [0.4, 0.5) is 0 Å². The van der Waals surface area contributed by atoms with Gasteiger partial charge in [-0.2, -0.15) is 0 Å². The van der Waals surface area contributed by atoms with Crippen molar-refractivity contribution in [2.45, 2.75) is 153 Å². The highest BCUT2D eigenvalue weighted by Gasteiger charge is 2.94. The van der Waals surface area contributed by atoms with E-state index in [1.54, 1.807) is 11.3 Å². The second-order valence-electron chi connectivity index (χ2n) is 24.6. The van der Waals surface area contributed by atoms with E-state index in [0.29, 0.717) is 72.2 Å². The lowest BCUT2D eigenvalue weighted by Crippen LogP contribution is -2.78. The minimum atomic E-state index is -1.14. The van der Waals surface area contributed by atoms with Gasteiger partial charge in [0.25, 0.3) is 0 Å². The highest BCUT2D eigenvalue weighted by molar-refractivity contribution is 6.00. The fourth-order valence-corrected chi connectivity index (χ4v) is 20.4. The lowest BCUT2D eigenvalue weighted by Gasteiger charge is -2.74. The number of rotatable bonds is 5. The minimum absolute atomic E-state index is 0.120. The summed E-state index contributed by atoms with van der Waals surface area (Å²) in [7, 11) is 0. The van der Waals surface area contributed by atoms with Gasteiger partial charge in [0.05, 0.1) is 17.0 Å². The number of aliphatic hydroxyl groups is 1. The molecule has 7 aliphatic carbocycles. The molecule has 7 fully saturated rings. The Kier molecular flexibility index (Phi) is 7.95. The van der Waals surface area contributed by atoms with E-state index >= 15 is 9.59 Å². The number of benzene rings is 1. The number of esters is 2. The molecule has 9 bridgehead atoms. The van der Waals surface area contributed by atoms with Crippen molar-refractivity contribution in [1.82, 2.24) is 9.80 Å². The third kappa shape index (κ3) is 4.40. The summed E-state index contributed by atoms with van der Waals surface area (Å²) >= 11 is 0. The van der Waals surface area contributed by atoms with Crippen molar-refractivity contribution in [2.24, 2.45) is 75.2 Å². The SMILES string of the molecule is C[C@@H]1/C=C2/CC[C@]34C[C@H]2C2=C5CC[C@@]67/C(=C(\O)[C@@H]8CC[C@@H]9[C@H]%10C[C@@H](CN9[C@H]8CC8CCCCC8)[C@@H]8C=CC(=C([C@@H]53)N8C%10)C[C@H]4C)OC(=O)[C@@]26[C@H](C1)[C@@]71OC(=O)c2c(CCCN)cccc21. The topological polar surface area (TPSA) is 105 Å². The molecule has 15 atom stereocenters. The van der Waals surface area contributed by atoms with Crippen molar-refractivity contribution in [1.29, 1.82) is 0 Å². The molecule has 0 unspecified atom stereocenters. The maximum Gasteiger partial charge on any atom is 0.339 e. The molecule has 0 aromatic heterocycles. The number of nitrogens with two attached hydrogens (primary N) is 1. The van der Waals surface area contributed by atoms with Crippen molar-refractivity contribution in [3.63, 3.8) is 0 Å². The fraction of sp³-hybridized carbons (Fsp3) is 0.684. The van der Waals surface area contributed by atoms with E-state index < -0.39 is 16.4 Å². The van der Waals surface area contributed by atoms with Crippen LogP contribution in [-0.2, 0) is 26.3 Å². The molecular weight excluding hydrogens is 807 g/mol. The number of nitrogens with zero attached hydrogens (tertiary/aromatic N) is 2.